The van der Waals surface area contributed by atoms with E-state index >= 15 is 0 Å². The zero-order valence-electron chi connectivity index (χ0n) is 9.23. The summed E-state index contributed by atoms with van der Waals surface area (Å²) in [6, 6.07) is 1.93. The molecule has 0 aliphatic carbocycles. The topological polar surface area (TPSA) is 47.0 Å². The summed E-state index contributed by atoms with van der Waals surface area (Å²) in [5.74, 6) is 0. The van der Waals surface area contributed by atoms with E-state index in [9.17, 15) is 0 Å². The lowest BCUT2D eigenvalue weighted by molar-refractivity contribution is 0.0880. The van der Waals surface area contributed by atoms with E-state index in [2.05, 4.69) is 29.1 Å². The Labute approximate surface area is 90.1 Å². The molecular weight excluding hydrogens is 190 g/mol. The van der Waals surface area contributed by atoms with Gasteiger partial charge in [-0.05, 0) is 26.3 Å². The highest BCUT2D eigenvalue weighted by molar-refractivity contribution is 5.01. The van der Waals surface area contributed by atoms with Crippen LogP contribution in [0.5, 0.6) is 0 Å². The highest BCUT2D eigenvalue weighted by Gasteiger charge is 2.36. The van der Waals surface area contributed by atoms with Crippen molar-refractivity contribution in [3.05, 3.63) is 24.3 Å². The van der Waals surface area contributed by atoms with Crippen molar-refractivity contribution in [1.82, 2.24) is 15.3 Å². The molecule has 1 aromatic rings. The van der Waals surface area contributed by atoms with Gasteiger partial charge < -0.3 is 10.1 Å². The predicted molar refractivity (Wildman–Crippen MR) is 57.3 cm³/mol. The molecule has 0 saturated carbocycles. The van der Waals surface area contributed by atoms with Gasteiger partial charge in [0.05, 0.1) is 11.8 Å². The van der Waals surface area contributed by atoms with E-state index in [1.54, 1.807) is 12.5 Å². The van der Waals surface area contributed by atoms with Gasteiger partial charge in [0.1, 0.15) is 6.33 Å². The van der Waals surface area contributed by atoms with Gasteiger partial charge in [0.25, 0.3) is 0 Å². The lowest BCUT2D eigenvalue weighted by atomic mass is 9.94. The first-order valence-corrected chi connectivity index (χ1v) is 5.32. The summed E-state index contributed by atoms with van der Waals surface area (Å²) >= 11 is 0. The van der Waals surface area contributed by atoms with Crippen LogP contribution in [0.3, 0.4) is 0 Å². The molecule has 0 radical (unpaired) electrons. The molecule has 0 aromatic carbocycles. The van der Waals surface area contributed by atoms with Crippen LogP contribution in [0.25, 0.3) is 0 Å². The third kappa shape index (κ3) is 2.33. The number of ether oxygens (including phenoxy) is 1. The molecule has 1 aliphatic heterocycles. The highest BCUT2D eigenvalue weighted by atomic mass is 16.5. The fraction of sp³-hybridized carbons (Fsp3) is 0.636. The van der Waals surface area contributed by atoms with Crippen LogP contribution < -0.4 is 5.32 Å². The zero-order chi connectivity index (χ0) is 10.7. The van der Waals surface area contributed by atoms with Crippen molar-refractivity contribution in [2.75, 3.05) is 6.61 Å². The van der Waals surface area contributed by atoms with Gasteiger partial charge in [-0.15, -0.1) is 0 Å². The van der Waals surface area contributed by atoms with Gasteiger partial charge in [-0.1, -0.05) is 0 Å². The summed E-state index contributed by atoms with van der Waals surface area (Å²) in [5.41, 5.74) is 1.09. The first kappa shape index (κ1) is 10.5. The molecule has 82 valence electrons. The molecular formula is C11H17N3O. The van der Waals surface area contributed by atoms with Crippen molar-refractivity contribution in [3.63, 3.8) is 0 Å². The number of nitrogens with zero attached hydrogens (tertiary/aromatic N) is 2. The van der Waals surface area contributed by atoms with Crippen LogP contribution in [0, 0.1) is 0 Å². The predicted octanol–water partition coefficient (Wildman–Crippen LogP) is 1.13. The molecule has 0 amide bonds. The largest absolute Gasteiger partial charge is 0.377 e. The van der Waals surface area contributed by atoms with Gasteiger partial charge in [0, 0.05) is 24.9 Å². The number of aromatic nitrogens is 2. The van der Waals surface area contributed by atoms with Gasteiger partial charge in [-0.25, -0.2) is 9.97 Å². The van der Waals surface area contributed by atoms with Crippen molar-refractivity contribution in [1.29, 1.82) is 0 Å². The molecule has 2 unspecified atom stereocenters. The molecule has 1 aliphatic rings. The first-order chi connectivity index (χ1) is 7.21. The monoisotopic (exact) mass is 207 g/mol. The van der Waals surface area contributed by atoms with E-state index in [0.717, 1.165) is 25.3 Å². The third-order valence-corrected chi connectivity index (χ3v) is 3.20. The minimum Gasteiger partial charge on any atom is -0.377 e. The van der Waals surface area contributed by atoms with Crippen LogP contribution in [0.4, 0.5) is 0 Å². The maximum absolute atomic E-state index is 5.56. The van der Waals surface area contributed by atoms with E-state index in [0.29, 0.717) is 0 Å². The standard InChI is InChI=1S/C11H17N3O/c1-9-11(2,4-6-15-9)14-7-10-3-5-12-8-13-10/h3,5,8-9,14H,4,6-7H2,1-2H3. The SMILES string of the molecule is CC1OCCC1(C)NCc1ccncn1. The summed E-state index contributed by atoms with van der Waals surface area (Å²) in [6.45, 7) is 5.92. The Bertz CT molecular complexity index is 317. The summed E-state index contributed by atoms with van der Waals surface area (Å²) in [4.78, 5) is 8.08. The molecule has 1 N–H and O–H groups in total. The second-order valence-electron chi connectivity index (χ2n) is 4.23. The second-order valence-corrected chi connectivity index (χ2v) is 4.23. The minimum absolute atomic E-state index is 0.0744. The van der Waals surface area contributed by atoms with E-state index in [1.165, 1.54) is 0 Å². The van der Waals surface area contributed by atoms with E-state index < -0.39 is 0 Å². The zero-order valence-corrected chi connectivity index (χ0v) is 9.23. The minimum atomic E-state index is 0.0744. The molecule has 2 rings (SSSR count). The molecule has 1 aromatic heterocycles. The Balaban J connectivity index is 1.93. The van der Waals surface area contributed by atoms with Crippen molar-refractivity contribution in [2.24, 2.45) is 0 Å². The number of hydrogen-bond donors (Lipinski definition) is 1. The number of hydrogen-bond acceptors (Lipinski definition) is 4. The molecule has 4 nitrogen and oxygen atoms in total. The first-order valence-electron chi connectivity index (χ1n) is 5.32. The van der Waals surface area contributed by atoms with E-state index in [1.807, 2.05) is 6.07 Å². The summed E-state index contributed by atoms with van der Waals surface area (Å²) in [5, 5.41) is 3.51. The maximum Gasteiger partial charge on any atom is 0.115 e. The maximum atomic E-state index is 5.56. The molecule has 1 fully saturated rings. The Morgan fingerprint density at radius 1 is 1.67 bits per heavy atom. The van der Waals surface area contributed by atoms with Crippen molar-refractivity contribution in [2.45, 2.75) is 38.5 Å². The van der Waals surface area contributed by atoms with Gasteiger partial charge in [0.2, 0.25) is 0 Å². The number of nitrogens with one attached hydrogen (secondary N) is 1. The molecule has 0 spiro atoms. The fourth-order valence-corrected chi connectivity index (χ4v) is 1.78. The van der Waals surface area contributed by atoms with Gasteiger partial charge in [-0.2, -0.15) is 0 Å². The number of rotatable bonds is 3. The van der Waals surface area contributed by atoms with Crippen LogP contribution in [-0.2, 0) is 11.3 Å². The average molecular weight is 207 g/mol. The van der Waals surface area contributed by atoms with Crippen molar-refractivity contribution < 1.29 is 4.74 Å². The Morgan fingerprint density at radius 3 is 3.13 bits per heavy atom. The smallest absolute Gasteiger partial charge is 0.115 e. The van der Waals surface area contributed by atoms with Gasteiger partial charge >= 0.3 is 0 Å². The van der Waals surface area contributed by atoms with Gasteiger partial charge in [0.15, 0.2) is 0 Å². The average Bonchev–Trinajstić information content (AvgIpc) is 2.59. The van der Waals surface area contributed by atoms with Crippen LogP contribution in [0.15, 0.2) is 18.6 Å². The van der Waals surface area contributed by atoms with Crippen molar-refractivity contribution >= 4 is 0 Å². The van der Waals surface area contributed by atoms with Crippen LogP contribution >= 0.6 is 0 Å². The third-order valence-electron chi connectivity index (χ3n) is 3.20. The molecule has 1 saturated heterocycles. The molecule has 2 heterocycles. The Morgan fingerprint density at radius 2 is 2.53 bits per heavy atom. The van der Waals surface area contributed by atoms with Crippen LogP contribution in [-0.4, -0.2) is 28.2 Å². The summed E-state index contributed by atoms with van der Waals surface area (Å²) in [7, 11) is 0. The van der Waals surface area contributed by atoms with Gasteiger partial charge in [-0.3, -0.25) is 0 Å². The van der Waals surface area contributed by atoms with Crippen molar-refractivity contribution in [3.8, 4) is 0 Å². The molecule has 15 heavy (non-hydrogen) atoms. The second kappa shape index (κ2) is 4.24. The molecule has 2 atom stereocenters. The Hall–Kier alpha value is -1.00. The fourth-order valence-electron chi connectivity index (χ4n) is 1.78. The molecule has 4 heteroatoms. The molecule has 0 bridgehead atoms. The normalized spacial score (nSPS) is 30.7. The van der Waals surface area contributed by atoms with E-state index in [-0.39, 0.29) is 11.6 Å². The van der Waals surface area contributed by atoms with Crippen LogP contribution in [0.2, 0.25) is 0 Å². The lowest BCUT2D eigenvalue weighted by Crippen LogP contribution is -2.47. The van der Waals surface area contributed by atoms with Crippen LogP contribution in [0.1, 0.15) is 26.0 Å². The lowest BCUT2D eigenvalue weighted by Gasteiger charge is -2.28. The Kier molecular flexibility index (Phi) is 2.98. The summed E-state index contributed by atoms with van der Waals surface area (Å²) < 4.78 is 5.56. The quantitative estimate of drug-likeness (QED) is 0.807. The van der Waals surface area contributed by atoms with E-state index in [4.69, 9.17) is 4.74 Å². The highest BCUT2D eigenvalue weighted by Crippen LogP contribution is 2.25. The summed E-state index contributed by atoms with van der Waals surface area (Å²) in [6.07, 6.45) is 4.66.